The second-order valence-corrected chi connectivity index (χ2v) is 10.2. The lowest BCUT2D eigenvalue weighted by Crippen LogP contribution is -2.58. The molecule has 0 aliphatic heterocycles. The standard InChI is InChI=1S/C26H41BN4O6/c1-6-17(4)22(25(34)28-14-21(32)29-18(5)27(36)37)30-26(35)23(19-9-7-8-10-19)31-24(33)20-12-15(2)11-16(3)13-20/h11-13,17-19,22-23,36-37H,6-10,14H2,1-5H3,(H,28,34)(H,29,32)(H,30,35)(H,31,33)/t17-,18-,22-,23-/m0/s1. The second kappa shape index (κ2) is 14.1. The van der Waals surface area contributed by atoms with Gasteiger partial charge in [0, 0.05) is 5.56 Å². The molecule has 1 aliphatic carbocycles. The van der Waals surface area contributed by atoms with E-state index in [1.165, 1.54) is 6.92 Å². The fraction of sp³-hybridized carbons (Fsp3) is 0.615. The lowest BCUT2D eigenvalue weighted by molar-refractivity contribution is -0.132. The topological polar surface area (TPSA) is 157 Å². The number of benzene rings is 1. The smallest absolute Gasteiger partial charge is 0.426 e. The maximum absolute atomic E-state index is 13.5. The van der Waals surface area contributed by atoms with Crippen molar-refractivity contribution < 1.29 is 29.2 Å². The van der Waals surface area contributed by atoms with Gasteiger partial charge in [0.15, 0.2) is 0 Å². The van der Waals surface area contributed by atoms with E-state index in [0.717, 1.165) is 36.8 Å². The van der Waals surface area contributed by atoms with Crippen LogP contribution in [0.5, 0.6) is 0 Å². The van der Waals surface area contributed by atoms with Gasteiger partial charge in [-0.3, -0.25) is 19.2 Å². The first-order valence-corrected chi connectivity index (χ1v) is 13.1. The Morgan fingerprint density at radius 3 is 2.08 bits per heavy atom. The van der Waals surface area contributed by atoms with Gasteiger partial charge in [0.25, 0.3) is 5.91 Å². The molecule has 0 bridgehead atoms. The molecule has 0 unspecified atom stereocenters. The van der Waals surface area contributed by atoms with Gasteiger partial charge < -0.3 is 31.3 Å². The van der Waals surface area contributed by atoms with E-state index in [1.54, 1.807) is 12.1 Å². The Bertz CT molecular complexity index is 946. The van der Waals surface area contributed by atoms with E-state index in [4.69, 9.17) is 10.0 Å². The van der Waals surface area contributed by atoms with Crippen LogP contribution in [0.4, 0.5) is 0 Å². The zero-order valence-corrected chi connectivity index (χ0v) is 22.5. The second-order valence-electron chi connectivity index (χ2n) is 10.2. The monoisotopic (exact) mass is 516 g/mol. The van der Waals surface area contributed by atoms with Gasteiger partial charge in [0.05, 0.1) is 12.5 Å². The van der Waals surface area contributed by atoms with Crippen LogP contribution in [0.25, 0.3) is 0 Å². The SMILES string of the molecule is CC[C@H](C)[C@H](NC(=O)[C@@H](NC(=O)c1cc(C)cc(C)c1)C1CCCC1)C(=O)NCC(=O)N[C@@H](C)B(O)O. The van der Waals surface area contributed by atoms with Gasteiger partial charge in [-0.15, -0.1) is 0 Å². The molecular formula is C26H41BN4O6. The Kier molecular flexibility index (Phi) is 11.6. The third-order valence-electron chi connectivity index (χ3n) is 6.98. The molecule has 0 radical (unpaired) electrons. The third kappa shape index (κ3) is 9.16. The predicted octanol–water partition coefficient (Wildman–Crippen LogP) is 0.756. The molecule has 4 atom stereocenters. The lowest BCUT2D eigenvalue weighted by Gasteiger charge is -2.29. The zero-order chi connectivity index (χ0) is 27.7. The van der Waals surface area contributed by atoms with Gasteiger partial charge >= 0.3 is 7.12 Å². The summed E-state index contributed by atoms with van der Waals surface area (Å²) in [7, 11) is -1.72. The van der Waals surface area contributed by atoms with E-state index in [1.807, 2.05) is 33.8 Å². The van der Waals surface area contributed by atoms with Gasteiger partial charge in [-0.25, -0.2) is 0 Å². The Morgan fingerprint density at radius 2 is 1.54 bits per heavy atom. The minimum absolute atomic E-state index is 0.0346. The fourth-order valence-electron chi connectivity index (χ4n) is 4.62. The molecule has 0 heterocycles. The van der Waals surface area contributed by atoms with Crippen LogP contribution in [-0.4, -0.2) is 65.4 Å². The fourth-order valence-corrected chi connectivity index (χ4v) is 4.62. The van der Waals surface area contributed by atoms with Crippen molar-refractivity contribution >= 4 is 30.7 Å². The molecular weight excluding hydrogens is 475 g/mol. The molecule has 37 heavy (non-hydrogen) atoms. The number of hydrogen-bond donors (Lipinski definition) is 6. The van der Waals surface area contributed by atoms with E-state index >= 15 is 0 Å². The Balaban J connectivity index is 2.13. The van der Waals surface area contributed by atoms with Crippen LogP contribution in [0.1, 0.15) is 74.4 Å². The molecule has 1 saturated carbocycles. The molecule has 0 saturated heterocycles. The molecule has 10 nitrogen and oxygen atoms in total. The minimum atomic E-state index is -1.72. The summed E-state index contributed by atoms with van der Waals surface area (Å²) >= 11 is 0. The highest BCUT2D eigenvalue weighted by Crippen LogP contribution is 2.28. The number of amides is 4. The third-order valence-corrected chi connectivity index (χ3v) is 6.98. The number of carbonyl (C=O) groups excluding carboxylic acids is 4. The first kappa shape index (κ1) is 30.3. The van der Waals surface area contributed by atoms with E-state index in [9.17, 15) is 19.2 Å². The van der Waals surface area contributed by atoms with Crippen molar-refractivity contribution in [1.29, 1.82) is 0 Å². The van der Waals surface area contributed by atoms with E-state index in [0.29, 0.717) is 12.0 Å². The van der Waals surface area contributed by atoms with Crippen molar-refractivity contribution in [2.75, 3.05) is 6.54 Å². The molecule has 1 aliphatic rings. The van der Waals surface area contributed by atoms with Crippen molar-refractivity contribution in [3.8, 4) is 0 Å². The van der Waals surface area contributed by atoms with Gasteiger partial charge in [-0.1, -0.05) is 50.3 Å². The first-order valence-electron chi connectivity index (χ1n) is 13.1. The molecule has 0 aromatic heterocycles. The van der Waals surface area contributed by atoms with Crippen LogP contribution in [0.2, 0.25) is 0 Å². The lowest BCUT2D eigenvalue weighted by atomic mass is 9.81. The molecule has 0 spiro atoms. The van der Waals surface area contributed by atoms with Crippen molar-refractivity contribution in [1.82, 2.24) is 21.3 Å². The van der Waals surface area contributed by atoms with Crippen molar-refractivity contribution in [2.45, 2.75) is 84.7 Å². The van der Waals surface area contributed by atoms with Crippen LogP contribution in [0.3, 0.4) is 0 Å². The predicted molar refractivity (Wildman–Crippen MR) is 141 cm³/mol. The number of nitrogens with one attached hydrogen (secondary N) is 4. The van der Waals surface area contributed by atoms with Gasteiger partial charge in [0.2, 0.25) is 17.7 Å². The molecule has 4 amide bonds. The summed E-state index contributed by atoms with van der Waals surface area (Å²) in [6, 6.07) is 3.84. The maximum atomic E-state index is 13.5. The molecule has 1 aromatic carbocycles. The summed E-state index contributed by atoms with van der Waals surface area (Å²) in [5.74, 6) is -3.04. The summed E-state index contributed by atoms with van der Waals surface area (Å²) < 4.78 is 0. The van der Waals surface area contributed by atoms with E-state index in [2.05, 4.69) is 21.3 Å². The van der Waals surface area contributed by atoms with Gasteiger partial charge in [-0.2, -0.15) is 0 Å². The highest BCUT2D eigenvalue weighted by Gasteiger charge is 2.35. The van der Waals surface area contributed by atoms with Crippen LogP contribution in [0.15, 0.2) is 18.2 Å². The molecule has 1 aromatic rings. The Hall–Kier alpha value is -2.92. The number of carbonyl (C=O) groups is 4. The molecule has 11 heteroatoms. The van der Waals surface area contributed by atoms with Crippen molar-refractivity contribution in [2.24, 2.45) is 11.8 Å². The van der Waals surface area contributed by atoms with Crippen LogP contribution < -0.4 is 21.3 Å². The normalized spacial score (nSPS) is 16.7. The highest BCUT2D eigenvalue weighted by molar-refractivity contribution is 6.43. The van der Waals surface area contributed by atoms with Crippen LogP contribution >= 0.6 is 0 Å². The van der Waals surface area contributed by atoms with Crippen molar-refractivity contribution in [3.05, 3.63) is 34.9 Å². The summed E-state index contributed by atoms with van der Waals surface area (Å²) in [5, 5.41) is 28.9. The average molecular weight is 516 g/mol. The quantitative estimate of drug-likeness (QED) is 0.225. The molecule has 204 valence electrons. The molecule has 2 rings (SSSR count). The summed E-state index contributed by atoms with van der Waals surface area (Å²) in [5.41, 5.74) is 2.39. The summed E-state index contributed by atoms with van der Waals surface area (Å²) in [4.78, 5) is 51.6. The van der Waals surface area contributed by atoms with E-state index < -0.39 is 42.9 Å². The Labute approximate surface area is 219 Å². The number of rotatable bonds is 12. The molecule has 1 fully saturated rings. The minimum Gasteiger partial charge on any atom is -0.426 e. The van der Waals surface area contributed by atoms with Gasteiger partial charge in [0.1, 0.15) is 12.1 Å². The Morgan fingerprint density at radius 1 is 0.946 bits per heavy atom. The molecule has 6 N–H and O–H groups in total. The van der Waals surface area contributed by atoms with E-state index in [-0.39, 0.29) is 24.3 Å². The highest BCUT2D eigenvalue weighted by atomic mass is 16.4. The summed E-state index contributed by atoms with van der Waals surface area (Å²) in [6.45, 7) is 8.58. The number of aryl methyl sites for hydroxylation is 2. The van der Waals surface area contributed by atoms with Gasteiger partial charge in [-0.05, 0) is 57.6 Å². The van der Waals surface area contributed by atoms with Crippen molar-refractivity contribution in [3.63, 3.8) is 0 Å². The van der Waals surface area contributed by atoms with Crippen LogP contribution in [-0.2, 0) is 14.4 Å². The maximum Gasteiger partial charge on any atom is 0.475 e. The largest absolute Gasteiger partial charge is 0.475 e. The van der Waals surface area contributed by atoms with Crippen LogP contribution in [0, 0.1) is 25.7 Å². The number of hydrogen-bond acceptors (Lipinski definition) is 6. The average Bonchev–Trinajstić information content (AvgIpc) is 3.37. The first-order chi connectivity index (χ1) is 17.4. The summed E-state index contributed by atoms with van der Waals surface area (Å²) in [6.07, 6.45) is 4.15. The zero-order valence-electron chi connectivity index (χ0n) is 22.5.